The van der Waals surface area contributed by atoms with Crippen molar-refractivity contribution in [3.05, 3.63) is 24.0 Å². The minimum atomic E-state index is 0.0185. The van der Waals surface area contributed by atoms with Crippen molar-refractivity contribution in [1.29, 1.82) is 0 Å². The van der Waals surface area contributed by atoms with E-state index >= 15 is 0 Å². The van der Waals surface area contributed by atoms with Gasteiger partial charge in [0.2, 0.25) is 0 Å². The van der Waals surface area contributed by atoms with Crippen molar-refractivity contribution in [2.75, 3.05) is 31.1 Å². The Hall–Kier alpha value is -1.13. The van der Waals surface area contributed by atoms with Crippen LogP contribution in [0.2, 0.25) is 0 Å². The number of nitrogens with two attached hydrogens (primary N) is 1. The Bertz CT molecular complexity index is 409. The number of rotatable bonds is 3. The second kappa shape index (κ2) is 5.47. The monoisotopic (exact) mass is 260 g/mol. The van der Waals surface area contributed by atoms with Gasteiger partial charge in [0.1, 0.15) is 0 Å². The summed E-state index contributed by atoms with van der Waals surface area (Å²) in [6, 6.07) is 4.99. The molecule has 2 N–H and O–H groups in total. The predicted octanol–water partition coefficient (Wildman–Crippen LogP) is 1.78. The van der Waals surface area contributed by atoms with Crippen LogP contribution in [0, 0.1) is 0 Å². The third kappa shape index (κ3) is 2.74. The summed E-state index contributed by atoms with van der Waals surface area (Å²) in [6.07, 6.45) is 6.02. The molecule has 0 amide bonds. The van der Waals surface area contributed by atoms with Crippen LogP contribution in [0.3, 0.4) is 0 Å². The molecule has 0 spiro atoms. The molecular formula is C15H24N4. The van der Waals surface area contributed by atoms with Crippen molar-refractivity contribution in [3.63, 3.8) is 0 Å². The normalized spacial score (nSPS) is 26.0. The Balaban J connectivity index is 1.63. The minimum absolute atomic E-state index is 0.0185. The summed E-state index contributed by atoms with van der Waals surface area (Å²) in [4.78, 5) is 9.58. The zero-order valence-electron chi connectivity index (χ0n) is 11.8. The van der Waals surface area contributed by atoms with E-state index in [1.807, 2.05) is 13.1 Å². The molecule has 3 rings (SSSR count). The molecule has 2 atom stereocenters. The van der Waals surface area contributed by atoms with E-state index in [1.165, 1.54) is 38.0 Å². The van der Waals surface area contributed by atoms with Crippen LogP contribution in [0.25, 0.3) is 0 Å². The van der Waals surface area contributed by atoms with Crippen molar-refractivity contribution in [2.24, 2.45) is 5.73 Å². The van der Waals surface area contributed by atoms with E-state index in [4.69, 9.17) is 5.73 Å². The van der Waals surface area contributed by atoms with Crippen LogP contribution in [0.4, 0.5) is 5.69 Å². The maximum atomic E-state index is 5.84. The van der Waals surface area contributed by atoms with Gasteiger partial charge >= 0.3 is 0 Å². The largest absolute Gasteiger partial charge is 0.369 e. The zero-order chi connectivity index (χ0) is 13.2. The van der Waals surface area contributed by atoms with Gasteiger partial charge in [-0.05, 0) is 51.4 Å². The first-order valence-electron chi connectivity index (χ1n) is 7.44. The number of hydrogen-bond donors (Lipinski definition) is 1. The summed E-state index contributed by atoms with van der Waals surface area (Å²) < 4.78 is 0. The zero-order valence-corrected chi connectivity index (χ0v) is 11.8. The molecule has 2 aliphatic heterocycles. The van der Waals surface area contributed by atoms with Crippen molar-refractivity contribution in [1.82, 2.24) is 9.88 Å². The molecule has 0 bridgehead atoms. The quantitative estimate of drug-likeness (QED) is 0.900. The van der Waals surface area contributed by atoms with Gasteiger partial charge in [-0.1, -0.05) is 0 Å². The van der Waals surface area contributed by atoms with Gasteiger partial charge in [0.25, 0.3) is 0 Å². The molecule has 4 heteroatoms. The molecule has 2 fully saturated rings. The highest BCUT2D eigenvalue weighted by molar-refractivity contribution is 5.46. The van der Waals surface area contributed by atoms with Gasteiger partial charge in [-0.2, -0.15) is 0 Å². The van der Waals surface area contributed by atoms with Crippen molar-refractivity contribution >= 4 is 5.69 Å². The fourth-order valence-corrected chi connectivity index (χ4v) is 3.24. The Morgan fingerprint density at radius 3 is 2.68 bits per heavy atom. The molecule has 19 heavy (non-hydrogen) atoms. The molecule has 3 heterocycles. The summed E-state index contributed by atoms with van der Waals surface area (Å²) in [5.74, 6) is 0. The first-order valence-corrected chi connectivity index (χ1v) is 7.44. The molecule has 0 saturated carbocycles. The van der Waals surface area contributed by atoms with Crippen LogP contribution in [-0.2, 0) is 0 Å². The predicted molar refractivity (Wildman–Crippen MR) is 78.3 cm³/mol. The molecule has 1 aromatic rings. The molecule has 1 aromatic heterocycles. The summed E-state index contributed by atoms with van der Waals surface area (Å²) in [7, 11) is 0. The third-order valence-electron chi connectivity index (χ3n) is 4.42. The maximum absolute atomic E-state index is 5.84. The van der Waals surface area contributed by atoms with Crippen LogP contribution in [-0.4, -0.2) is 42.1 Å². The number of anilines is 1. The number of aromatic nitrogens is 1. The Labute approximate surface area is 115 Å². The van der Waals surface area contributed by atoms with Gasteiger partial charge in [0, 0.05) is 25.2 Å². The lowest BCUT2D eigenvalue weighted by atomic mass is 10.2. The van der Waals surface area contributed by atoms with Crippen LogP contribution in [0.1, 0.15) is 37.9 Å². The molecule has 0 aromatic carbocycles. The first kappa shape index (κ1) is 12.9. The second-order valence-corrected chi connectivity index (χ2v) is 5.86. The average molecular weight is 260 g/mol. The van der Waals surface area contributed by atoms with Crippen molar-refractivity contribution in [2.45, 2.75) is 38.3 Å². The maximum Gasteiger partial charge on any atom is 0.0569 e. The number of likely N-dealkylation sites (tertiary alicyclic amines) is 1. The smallest absolute Gasteiger partial charge is 0.0569 e. The molecule has 4 nitrogen and oxygen atoms in total. The second-order valence-electron chi connectivity index (χ2n) is 5.86. The standard InChI is InChI=1S/C15H24N4/c1-12(16)15-5-4-13(10-17-15)19-9-6-14(11-19)18-7-2-3-8-18/h4-5,10,12,14H,2-3,6-9,11,16H2,1H3/t12-,14?/m0/s1. The summed E-state index contributed by atoms with van der Waals surface area (Å²) in [5.41, 5.74) is 8.05. The molecule has 2 saturated heterocycles. The number of nitrogens with zero attached hydrogens (tertiary/aromatic N) is 3. The SMILES string of the molecule is C[C@H](N)c1ccc(N2CCC(N3CCCC3)C2)cn1. The number of pyridine rings is 1. The fraction of sp³-hybridized carbons (Fsp3) is 0.667. The van der Waals surface area contributed by atoms with Gasteiger partial charge in [0.15, 0.2) is 0 Å². The Kier molecular flexibility index (Phi) is 3.71. The van der Waals surface area contributed by atoms with E-state index < -0.39 is 0 Å². The van der Waals surface area contributed by atoms with Gasteiger partial charge in [-0.3, -0.25) is 9.88 Å². The average Bonchev–Trinajstić information content (AvgIpc) is 3.10. The van der Waals surface area contributed by atoms with Gasteiger partial charge in [0.05, 0.1) is 17.6 Å². The molecule has 104 valence electrons. The van der Waals surface area contributed by atoms with Gasteiger partial charge < -0.3 is 10.6 Å². The lowest BCUT2D eigenvalue weighted by Crippen LogP contribution is -2.35. The van der Waals surface area contributed by atoms with Crippen molar-refractivity contribution in [3.8, 4) is 0 Å². The van der Waals surface area contributed by atoms with Crippen LogP contribution in [0.15, 0.2) is 18.3 Å². The molecule has 0 aliphatic carbocycles. The summed E-state index contributed by atoms with van der Waals surface area (Å²) >= 11 is 0. The molecule has 0 radical (unpaired) electrons. The topological polar surface area (TPSA) is 45.4 Å². The Morgan fingerprint density at radius 2 is 2.05 bits per heavy atom. The molecule has 2 aliphatic rings. The van der Waals surface area contributed by atoms with E-state index in [2.05, 4.69) is 26.9 Å². The first-order chi connectivity index (χ1) is 9.24. The van der Waals surface area contributed by atoms with Gasteiger partial charge in [-0.15, -0.1) is 0 Å². The van der Waals surface area contributed by atoms with E-state index in [9.17, 15) is 0 Å². The summed E-state index contributed by atoms with van der Waals surface area (Å²) in [6.45, 7) is 6.86. The molecular weight excluding hydrogens is 236 g/mol. The number of hydrogen-bond acceptors (Lipinski definition) is 4. The van der Waals surface area contributed by atoms with Gasteiger partial charge in [-0.25, -0.2) is 0 Å². The van der Waals surface area contributed by atoms with E-state index in [1.54, 1.807) is 0 Å². The van der Waals surface area contributed by atoms with E-state index in [0.717, 1.165) is 24.8 Å². The minimum Gasteiger partial charge on any atom is -0.369 e. The summed E-state index contributed by atoms with van der Waals surface area (Å²) in [5, 5.41) is 0. The molecule has 1 unspecified atom stereocenters. The third-order valence-corrected chi connectivity index (χ3v) is 4.42. The van der Waals surface area contributed by atoms with E-state index in [0.29, 0.717) is 0 Å². The fourth-order valence-electron chi connectivity index (χ4n) is 3.24. The lowest BCUT2D eigenvalue weighted by molar-refractivity contribution is 0.260. The van der Waals surface area contributed by atoms with Crippen LogP contribution < -0.4 is 10.6 Å². The van der Waals surface area contributed by atoms with E-state index in [-0.39, 0.29) is 6.04 Å². The van der Waals surface area contributed by atoms with Crippen LogP contribution >= 0.6 is 0 Å². The van der Waals surface area contributed by atoms with Crippen molar-refractivity contribution < 1.29 is 0 Å². The highest BCUT2D eigenvalue weighted by atomic mass is 15.3. The highest BCUT2D eigenvalue weighted by Gasteiger charge is 2.29. The Morgan fingerprint density at radius 1 is 1.26 bits per heavy atom. The van der Waals surface area contributed by atoms with Crippen LogP contribution in [0.5, 0.6) is 0 Å². The highest BCUT2D eigenvalue weighted by Crippen LogP contribution is 2.25. The lowest BCUT2D eigenvalue weighted by Gasteiger charge is -2.24.